The lowest BCUT2D eigenvalue weighted by Crippen LogP contribution is -2.45. The van der Waals surface area contributed by atoms with E-state index in [1.165, 1.54) is 6.26 Å². The Morgan fingerprint density at radius 3 is 3.06 bits per heavy atom. The van der Waals surface area contributed by atoms with Crippen molar-refractivity contribution >= 4 is 17.5 Å². The molecule has 0 spiro atoms. The lowest BCUT2D eigenvalue weighted by atomic mass is 9.92. The highest BCUT2D eigenvalue weighted by Crippen LogP contribution is 2.23. The Morgan fingerprint density at radius 2 is 2.47 bits per heavy atom. The van der Waals surface area contributed by atoms with Gasteiger partial charge >= 0.3 is 0 Å². The fourth-order valence-electron chi connectivity index (χ4n) is 2.24. The highest BCUT2D eigenvalue weighted by atomic mass is 35.5. The maximum Gasteiger partial charge on any atom is 0.258 e. The van der Waals surface area contributed by atoms with Gasteiger partial charge in [0, 0.05) is 19.1 Å². The first-order valence-corrected chi connectivity index (χ1v) is 6.25. The SMILES string of the molecule is CC(N)C1CCCN(C(=O)c2ccoc2Cl)C1. The van der Waals surface area contributed by atoms with Crippen LogP contribution in [0.25, 0.3) is 0 Å². The fraction of sp³-hybridized carbons (Fsp3) is 0.583. The van der Waals surface area contributed by atoms with Crippen LogP contribution in [0, 0.1) is 5.92 Å². The maximum absolute atomic E-state index is 12.2. The van der Waals surface area contributed by atoms with Gasteiger partial charge in [0.15, 0.2) is 0 Å². The molecular formula is C12H17ClN2O2. The number of hydrogen-bond acceptors (Lipinski definition) is 3. The zero-order valence-electron chi connectivity index (χ0n) is 9.86. The molecule has 2 rings (SSSR count). The third-order valence-corrected chi connectivity index (χ3v) is 3.63. The third kappa shape index (κ3) is 2.64. The Morgan fingerprint density at radius 1 is 1.71 bits per heavy atom. The normalized spacial score (nSPS) is 22.5. The number of amides is 1. The number of likely N-dealkylation sites (tertiary alicyclic amines) is 1. The Balaban J connectivity index is 2.07. The largest absolute Gasteiger partial charge is 0.452 e. The topological polar surface area (TPSA) is 59.5 Å². The number of halogens is 1. The van der Waals surface area contributed by atoms with Gasteiger partial charge in [0.25, 0.3) is 5.91 Å². The summed E-state index contributed by atoms with van der Waals surface area (Å²) in [6, 6.07) is 1.73. The van der Waals surface area contributed by atoms with Crippen LogP contribution in [0.2, 0.25) is 5.22 Å². The molecule has 4 nitrogen and oxygen atoms in total. The van der Waals surface area contributed by atoms with Crippen molar-refractivity contribution < 1.29 is 9.21 Å². The molecule has 1 saturated heterocycles. The molecule has 2 unspecified atom stereocenters. The summed E-state index contributed by atoms with van der Waals surface area (Å²) in [4.78, 5) is 14.0. The van der Waals surface area contributed by atoms with Crippen molar-refractivity contribution in [1.82, 2.24) is 4.90 Å². The number of piperidine rings is 1. The third-order valence-electron chi connectivity index (χ3n) is 3.34. The Hall–Kier alpha value is -1.00. The van der Waals surface area contributed by atoms with Gasteiger partial charge in [-0.25, -0.2) is 0 Å². The molecule has 2 atom stereocenters. The molecule has 0 radical (unpaired) electrons. The molecule has 1 aromatic rings. The maximum atomic E-state index is 12.2. The lowest BCUT2D eigenvalue weighted by molar-refractivity contribution is 0.0660. The van der Waals surface area contributed by atoms with Crippen LogP contribution in [0.3, 0.4) is 0 Å². The van der Waals surface area contributed by atoms with Gasteiger partial charge in [-0.2, -0.15) is 0 Å². The van der Waals surface area contributed by atoms with Crippen molar-refractivity contribution in [3.63, 3.8) is 0 Å². The molecule has 2 N–H and O–H groups in total. The summed E-state index contributed by atoms with van der Waals surface area (Å²) in [7, 11) is 0. The van der Waals surface area contributed by atoms with Crippen LogP contribution in [-0.2, 0) is 0 Å². The van der Waals surface area contributed by atoms with Gasteiger partial charge in [-0.05, 0) is 43.4 Å². The van der Waals surface area contributed by atoms with Crippen molar-refractivity contribution in [1.29, 1.82) is 0 Å². The van der Waals surface area contributed by atoms with Crippen LogP contribution in [0.5, 0.6) is 0 Å². The predicted molar refractivity (Wildman–Crippen MR) is 66.0 cm³/mol. The first-order chi connectivity index (χ1) is 8.09. The smallest absolute Gasteiger partial charge is 0.258 e. The average molecular weight is 257 g/mol. The highest BCUT2D eigenvalue weighted by Gasteiger charge is 2.28. The summed E-state index contributed by atoms with van der Waals surface area (Å²) in [6.07, 6.45) is 3.51. The van der Waals surface area contributed by atoms with Crippen LogP contribution >= 0.6 is 11.6 Å². The molecule has 2 heterocycles. The van der Waals surface area contributed by atoms with Crippen molar-refractivity contribution in [2.24, 2.45) is 11.7 Å². The van der Waals surface area contributed by atoms with Gasteiger partial charge < -0.3 is 15.1 Å². The number of nitrogens with two attached hydrogens (primary N) is 1. The number of rotatable bonds is 2. The second-order valence-electron chi connectivity index (χ2n) is 4.62. The molecule has 0 aliphatic carbocycles. The molecule has 1 amide bonds. The van der Waals surface area contributed by atoms with E-state index in [0.29, 0.717) is 18.0 Å². The van der Waals surface area contributed by atoms with Crippen molar-refractivity contribution in [3.8, 4) is 0 Å². The first-order valence-electron chi connectivity index (χ1n) is 5.87. The van der Waals surface area contributed by atoms with Crippen molar-refractivity contribution in [2.75, 3.05) is 13.1 Å². The zero-order valence-corrected chi connectivity index (χ0v) is 10.6. The molecule has 1 aliphatic rings. The Labute approximate surface area is 106 Å². The molecule has 94 valence electrons. The minimum atomic E-state index is -0.0610. The van der Waals surface area contributed by atoms with E-state index in [-0.39, 0.29) is 17.2 Å². The van der Waals surface area contributed by atoms with Crippen molar-refractivity contribution in [2.45, 2.75) is 25.8 Å². The average Bonchev–Trinajstić information content (AvgIpc) is 2.74. The molecule has 1 aromatic heterocycles. The van der Waals surface area contributed by atoms with E-state index in [4.69, 9.17) is 21.8 Å². The highest BCUT2D eigenvalue weighted by molar-refractivity contribution is 6.32. The number of furan rings is 1. The molecule has 0 bridgehead atoms. The monoisotopic (exact) mass is 256 g/mol. The van der Waals surface area contributed by atoms with Gasteiger partial charge in [-0.15, -0.1) is 0 Å². The van der Waals surface area contributed by atoms with E-state index < -0.39 is 0 Å². The van der Waals surface area contributed by atoms with E-state index in [0.717, 1.165) is 19.4 Å². The van der Waals surface area contributed by atoms with Crippen LogP contribution in [-0.4, -0.2) is 29.9 Å². The molecule has 0 aromatic carbocycles. The molecule has 5 heteroatoms. The first kappa shape index (κ1) is 12.5. The van der Waals surface area contributed by atoms with Gasteiger partial charge in [0.2, 0.25) is 5.22 Å². The quantitative estimate of drug-likeness (QED) is 0.882. The van der Waals surface area contributed by atoms with Crippen molar-refractivity contribution in [3.05, 3.63) is 23.1 Å². The fourth-order valence-corrected chi connectivity index (χ4v) is 2.44. The van der Waals surface area contributed by atoms with Crippen LogP contribution in [0.4, 0.5) is 0 Å². The number of nitrogens with zero attached hydrogens (tertiary/aromatic N) is 1. The van der Waals surface area contributed by atoms with Gasteiger partial charge in [0.05, 0.1) is 11.8 Å². The van der Waals surface area contributed by atoms with E-state index in [9.17, 15) is 4.79 Å². The Kier molecular flexibility index (Phi) is 3.74. The van der Waals surface area contributed by atoms with Gasteiger partial charge in [-0.1, -0.05) is 0 Å². The van der Waals surface area contributed by atoms with E-state index in [1.807, 2.05) is 11.8 Å². The van der Waals surface area contributed by atoms with Gasteiger partial charge in [0.1, 0.15) is 0 Å². The molecule has 1 fully saturated rings. The Bertz CT molecular complexity index is 403. The predicted octanol–water partition coefficient (Wildman–Crippen LogP) is 2.13. The lowest BCUT2D eigenvalue weighted by Gasteiger charge is -2.34. The molecule has 1 aliphatic heterocycles. The standard InChI is InChI=1S/C12H17ClN2O2/c1-8(14)9-3-2-5-15(7-9)12(16)10-4-6-17-11(10)13/h4,6,8-9H,2-3,5,7,14H2,1H3. The van der Waals surface area contributed by atoms with Gasteiger partial charge in [-0.3, -0.25) is 4.79 Å². The molecule has 17 heavy (non-hydrogen) atoms. The zero-order chi connectivity index (χ0) is 12.4. The summed E-state index contributed by atoms with van der Waals surface area (Å²) >= 11 is 5.81. The summed E-state index contributed by atoms with van der Waals surface area (Å²) < 4.78 is 4.94. The van der Waals surface area contributed by atoms with Crippen LogP contribution in [0.15, 0.2) is 16.7 Å². The minimum absolute atomic E-state index is 0.0610. The molecular weight excluding hydrogens is 240 g/mol. The van der Waals surface area contributed by atoms with E-state index in [1.54, 1.807) is 6.07 Å². The number of hydrogen-bond donors (Lipinski definition) is 1. The summed E-state index contributed by atoms with van der Waals surface area (Å²) in [5.41, 5.74) is 6.34. The summed E-state index contributed by atoms with van der Waals surface area (Å²) in [5.74, 6) is 0.312. The number of carbonyl (C=O) groups excluding carboxylic acids is 1. The summed E-state index contributed by atoms with van der Waals surface area (Å²) in [5, 5.41) is 0.165. The minimum Gasteiger partial charge on any atom is -0.452 e. The van der Waals surface area contributed by atoms with E-state index in [2.05, 4.69) is 0 Å². The van der Waals surface area contributed by atoms with E-state index >= 15 is 0 Å². The number of carbonyl (C=O) groups is 1. The van der Waals surface area contributed by atoms with Crippen LogP contribution < -0.4 is 5.73 Å². The molecule has 0 saturated carbocycles. The second kappa shape index (κ2) is 5.10. The second-order valence-corrected chi connectivity index (χ2v) is 4.96. The van der Waals surface area contributed by atoms with Crippen LogP contribution in [0.1, 0.15) is 30.1 Å². The summed E-state index contributed by atoms with van der Waals surface area (Å²) in [6.45, 7) is 3.46.